The minimum atomic E-state index is -0.595. The van der Waals surface area contributed by atoms with Crippen molar-refractivity contribution in [1.29, 1.82) is 0 Å². The van der Waals surface area contributed by atoms with Gasteiger partial charge in [0.05, 0.1) is 16.7 Å². The number of carbonyl (C=O) groups is 1. The van der Waals surface area contributed by atoms with Crippen LogP contribution in [0.3, 0.4) is 0 Å². The second-order valence-electron chi connectivity index (χ2n) is 9.47. The highest BCUT2D eigenvalue weighted by molar-refractivity contribution is 6.62. The number of alkyl carbamates (subject to hydrolysis) is 1. The first-order valence-electron chi connectivity index (χ1n) is 9.10. The summed E-state index contributed by atoms with van der Waals surface area (Å²) in [6.45, 7) is 17.6. The summed E-state index contributed by atoms with van der Waals surface area (Å²) in [5.74, 6) is 0. The third-order valence-corrected chi connectivity index (χ3v) is 4.95. The number of rotatable bonds is 3. The number of amides is 1. The van der Waals surface area contributed by atoms with Crippen LogP contribution in [0.15, 0.2) is 24.3 Å². The van der Waals surface area contributed by atoms with E-state index in [-0.39, 0.29) is 0 Å². The zero-order valence-electron chi connectivity index (χ0n) is 17.5. The van der Waals surface area contributed by atoms with E-state index in [1.807, 2.05) is 86.6 Å². The van der Waals surface area contributed by atoms with Gasteiger partial charge in [-0.1, -0.05) is 24.3 Å². The fraction of sp³-hybridized carbons (Fsp3) is 0.650. The first-order valence-corrected chi connectivity index (χ1v) is 9.10. The van der Waals surface area contributed by atoms with Crippen LogP contribution in [-0.4, -0.2) is 30.0 Å². The molecule has 1 heterocycles. The first-order chi connectivity index (χ1) is 11.6. The molecule has 144 valence electrons. The molecule has 0 saturated carbocycles. The van der Waals surface area contributed by atoms with Gasteiger partial charge in [-0.05, 0) is 73.3 Å². The van der Waals surface area contributed by atoms with Gasteiger partial charge in [0, 0.05) is 0 Å². The number of hydrogen-bond acceptors (Lipinski definition) is 4. The van der Waals surface area contributed by atoms with Crippen molar-refractivity contribution in [1.82, 2.24) is 5.32 Å². The Labute approximate surface area is 157 Å². The topological polar surface area (TPSA) is 56.8 Å². The van der Waals surface area contributed by atoms with Crippen LogP contribution in [0.1, 0.15) is 67.9 Å². The highest BCUT2D eigenvalue weighted by Gasteiger charge is 2.51. The largest absolute Gasteiger partial charge is 0.494 e. The van der Waals surface area contributed by atoms with Gasteiger partial charge in [0.2, 0.25) is 0 Å². The molecule has 1 amide bonds. The fourth-order valence-electron chi connectivity index (χ4n) is 2.68. The average molecular weight is 361 g/mol. The van der Waals surface area contributed by atoms with E-state index in [1.165, 1.54) is 0 Å². The Bertz CT molecular complexity index is 661. The van der Waals surface area contributed by atoms with Gasteiger partial charge < -0.3 is 19.4 Å². The van der Waals surface area contributed by atoms with Gasteiger partial charge in [0.25, 0.3) is 0 Å². The molecule has 1 fully saturated rings. The lowest BCUT2D eigenvalue weighted by Gasteiger charge is -2.32. The molecule has 2 rings (SSSR count). The van der Waals surface area contributed by atoms with Crippen LogP contribution in [0, 0.1) is 0 Å². The molecular formula is C20H32BNO4. The summed E-state index contributed by atoms with van der Waals surface area (Å²) in [4.78, 5) is 12.2. The van der Waals surface area contributed by atoms with E-state index < -0.39 is 35.6 Å². The quantitative estimate of drug-likeness (QED) is 0.834. The van der Waals surface area contributed by atoms with Gasteiger partial charge in [0.1, 0.15) is 5.60 Å². The van der Waals surface area contributed by atoms with Crippen molar-refractivity contribution in [2.24, 2.45) is 0 Å². The summed E-state index contributed by atoms with van der Waals surface area (Å²) in [5.41, 5.74) is -0.0291. The molecule has 1 aromatic carbocycles. The lowest BCUT2D eigenvalue weighted by Crippen LogP contribution is -2.44. The maximum atomic E-state index is 12.2. The van der Waals surface area contributed by atoms with E-state index in [9.17, 15) is 4.79 Å². The zero-order valence-corrected chi connectivity index (χ0v) is 17.5. The van der Waals surface area contributed by atoms with Crippen molar-refractivity contribution >= 4 is 18.7 Å². The van der Waals surface area contributed by atoms with Crippen LogP contribution >= 0.6 is 0 Å². The minimum absolute atomic E-state index is 0.391. The van der Waals surface area contributed by atoms with Crippen molar-refractivity contribution in [2.75, 3.05) is 0 Å². The van der Waals surface area contributed by atoms with Crippen LogP contribution < -0.4 is 10.8 Å². The van der Waals surface area contributed by atoms with Gasteiger partial charge >= 0.3 is 13.2 Å². The van der Waals surface area contributed by atoms with E-state index in [0.29, 0.717) is 0 Å². The summed E-state index contributed by atoms with van der Waals surface area (Å²) in [6, 6.07) is 7.93. The molecule has 0 spiro atoms. The van der Waals surface area contributed by atoms with E-state index in [4.69, 9.17) is 14.0 Å². The monoisotopic (exact) mass is 361 g/mol. The molecule has 0 unspecified atom stereocenters. The Morgan fingerprint density at radius 3 is 2.08 bits per heavy atom. The SMILES string of the molecule is CC(C)(C)OC(=O)NC(C)(C)c1cccc(B2OC(C)(C)C(C)(C)O2)c1. The second kappa shape index (κ2) is 6.57. The van der Waals surface area contributed by atoms with Gasteiger partial charge in [-0.2, -0.15) is 0 Å². The fourth-order valence-corrected chi connectivity index (χ4v) is 2.68. The molecule has 0 radical (unpaired) electrons. The number of ether oxygens (including phenoxy) is 1. The number of benzene rings is 1. The highest BCUT2D eigenvalue weighted by Crippen LogP contribution is 2.36. The molecule has 0 aliphatic carbocycles. The van der Waals surface area contributed by atoms with E-state index in [1.54, 1.807) is 0 Å². The molecule has 6 heteroatoms. The molecule has 5 nitrogen and oxygen atoms in total. The van der Waals surface area contributed by atoms with Crippen molar-refractivity contribution in [3.8, 4) is 0 Å². The zero-order chi connectivity index (χ0) is 20.0. The van der Waals surface area contributed by atoms with Crippen molar-refractivity contribution in [2.45, 2.75) is 84.7 Å². The summed E-state index contributed by atoms with van der Waals surface area (Å²) < 4.78 is 17.6. The highest BCUT2D eigenvalue weighted by atomic mass is 16.7. The van der Waals surface area contributed by atoms with Gasteiger partial charge in [-0.25, -0.2) is 4.79 Å². The lowest BCUT2D eigenvalue weighted by atomic mass is 9.77. The smallest absolute Gasteiger partial charge is 0.444 e. The van der Waals surface area contributed by atoms with Crippen LogP contribution in [0.25, 0.3) is 0 Å². The van der Waals surface area contributed by atoms with Gasteiger partial charge in [0.15, 0.2) is 0 Å². The maximum Gasteiger partial charge on any atom is 0.494 e. The van der Waals surface area contributed by atoms with E-state index in [0.717, 1.165) is 11.0 Å². The summed E-state index contributed by atoms with van der Waals surface area (Å²) in [6.07, 6.45) is -0.441. The summed E-state index contributed by atoms with van der Waals surface area (Å²) >= 11 is 0. The lowest BCUT2D eigenvalue weighted by molar-refractivity contribution is 0.00578. The molecule has 26 heavy (non-hydrogen) atoms. The summed E-state index contributed by atoms with van der Waals surface area (Å²) in [7, 11) is -0.433. The van der Waals surface area contributed by atoms with E-state index >= 15 is 0 Å². The van der Waals surface area contributed by atoms with Crippen molar-refractivity contribution < 1.29 is 18.8 Å². The number of hydrogen-bond donors (Lipinski definition) is 1. The minimum Gasteiger partial charge on any atom is -0.444 e. The van der Waals surface area contributed by atoms with Crippen LogP contribution in [0.4, 0.5) is 4.79 Å². The number of nitrogens with one attached hydrogen (secondary N) is 1. The number of carbonyl (C=O) groups excluding carboxylic acids is 1. The Morgan fingerprint density at radius 2 is 1.58 bits per heavy atom. The molecule has 0 aromatic heterocycles. The van der Waals surface area contributed by atoms with Crippen LogP contribution in [-0.2, 0) is 19.6 Å². The molecule has 0 bridgehead atoms. The van der Waals surface area contributed by atoms with Gasteiger partial charge in [-0.15, -0.1) is 0 Å². The van der Waals surface area contributed by atoms with Gasteiger partial charge in [-0.3, -0.25) is 0 Å². The molecular weight excluding hydrogens is 329 g/mol. The Hall–Kier alpha value is -1.53. The molecule has 1 N–H and O–H groups in total. The van der Waals surface area contributed by atoms with E-state index in [2.05, 4.69) is 5.32 Å². The summed E-state index contributed by atoms with van der Waals surface area (Å²) in [5, 5.41) is 2.94. The Kier molecular flexibility index (Phi) is 5.25. The molecule has 1 saturated heterocycles. The van der Waals surface area contributed by atoms with Crippen molar-refractivity contribution in [3.05, 3.63) is 29.8 Å². The second-order valence-corrected chi connectivity index (χ2v) is 9.47. The third-order valence-electron chi connectivity index (χ3n) is 4.95. The average Bonchev–Trinajstić information content (AvgIpc) is 2.65. The third kappa shape index (κ3) is 4.60. The maximum absolute atomic E-state index is 12.2. The van der Waals surface area contributed by atoms with Crippen LogP contribution in [0.2, 0.25) is 0 Å². The standard InChI is InChI=1S/C20H32BNO4/c1-17(2,3)24-16(23)22-18(4,5)14-11-10-12-15(13-14)21-25-19(6,7)20(8,9)26-21/h10-13H,1-9H3,(H,22,23). The predicted molar refractivity (Wildman–Crippen MR) is 105 cm³/mol. The first kappa shape index (κ1) is 20.8. The molecule has 1 aromatic rings. The Morgan fingerprint density at radius 1 is 1.04 bits per heavy atom. The predicted octanol–water partition coefficient (Wildman–Crippen LogP) is 3.75. The van der Waals surface area contributed by atoms with Crippen molar-refractivity contribution in [3.63, 3.8) is 0 Å². The normalized spacial score (nSPS) is 19.3. The Balaban J connectivity index is 2.20. The van der Waals surface area contributed by atoms with Crippen LogP contribution in [0.5, 0.6) is 0 Å². The molecule has 1 aliphatic heterocycles. The molecule has 1 aliphatic rings. The molecule has 0 atom stereocenters.